The van der Waals surface area contributed by atoms with Crippen LogP contribution in [0.15, 0.2) is 54.6 Å². The molecule has 0 unspecified atom stereocenters. The molecule has 11 nitrogen and oxygen atoms in total. The van der Waals surface area contributed by atoms with Gasteiger partial charge in [-0.1, -0.05) is 30.3 Å². The normalized spacial score (nSPS) is 11.9. The van der Waals surface area contributed by atoms with E-state index in [1.54, 1.807) is 42.5 Å². The summed E-state index contributed by atoms with van der Waals surface area (Å²) in [5, 5.41) is 25.2. The Morgan fingerprint density at radius 2 is 1.51 bits per heavy atom. The molecule has 0 atom stereocenters. The molecule has 15 heteroatoms. The van der Waals surface area contributed by atoms with Gasteiger partial charge >= 0.3 is 24.1 Å². The molecule has 1 aromatic heterocycles. The minimum Gasteiger partial charge on any atom is -0.480 e. The van der Waals surface area contributed by atoms with Crippen LogP contribution < -0.4 is 16.4 Å². The molecule has 43 heavy (non-hydrogen) atoms. The number of nitrogens with two attached hydrogens (primary N) is 2. The Morgan fingerprint density at radius 1 is 0.907 bits per heavy atom. The Morgan fingerprint density at radius 3 is 2.02 bits per heavy atom. The fraction of sp³-hybridized carbons (Fsp3) is 0.250. The van der Waals surface area contributed by atoms with Crippen LogP contribution in [0.1, 0.15) is 59.2 Å². The molecule has 1 aliphatic carbocycles. The highest BCUT2D eigenvalue weighted by atomic mass is 32.1. The van der Waals surface area contributed by atoms with Crippen LogP contribution in [-0.4, -0.2) is 57.8 Å². The Bertz CT molecular complexity index is 1480. The zero-order chi connectivity index (χ0) is 32.3. The number of para-hydroxylation sites is 1. The van der Waals surface area contributed by atoms with Gasteiger partial charge in [-0.25, -0.2) is 9.59 Å². The van der Waals surface area contributed by atoms with E-state index in [4.69, 9.17) is 31.6 Å². The predicted molar refractivity (Wildman–Crippen MR) is 150 cm³/mol. The van der Waals surface area contributed by atoms with Crippen molar-refractivity contribution in [3.63, 3.8) is 0 Å². The number of anilines is 1. The van der Waals surface area contributed by atoms with Gasteiger partial charge in [0.2, 0.25) is 0 Å². The molecule has 0 fully saturated rings. The number of aryl methyl sites for hydroxylation is 1. The van der Waals surface area contributed by atoms with E-state index in [1.165, 1.54) is 16.2 Å². The SMILES string of the molecule is NC(=O)c1sc2c(c1C(=O)O)CCCC2.NCc1cccc(C(=O)N(CC(=O)O)c2ccccc2)c1.O=C(O)C(F)(F)F. The quantitative estimate of drug-likeness (QED) is 0.258. The van der Waals surface area contributed by atoms with Crippen LogP contribution in [0, 0.1) is 0 Å². The van der Waals surface area contributed by atoms with Crippen molar-refractivity contribution in [3.05, 3.63) is 86.6 Å². The van der Waals surface area contributed by atoms with Crippen LogP contribution >= 0.6 is 11.3 Å². The highest BCUT2D eigenvalue weighted by Gasteiger charge is 2.38. The molecule has 0 spiro atoms. The number of alkyl halides is 3. The highest BCUT2D eigenvalue weighted by molar-refractivity contribution is 7.14. The zero-order valence-corrected chi connectivity index (χ0v) is 23.3. The summed E-state index contributed by atoms with van der Waals surface area (Å²) in [6.07, 6.45) is -1.42. The lowest BCUT2D eigenvalue weighted by atomic mass is 9.95. The second-order valence-electron chi connectivity index (χ2n) is 8.91. The average Bonchev–Trinajstić information content (AvgIpc) is 3.37. The number of fused-ring (bicyclic) bond motifs is 1. The molecular formula is C28H28F3N3O8S. The second-order valence-corrected chi connectivity index (χ2v) is 10.0. The first kappa shape index (κ1) is 34.4. The molecule has 0 radical (unpaired) electrons. The predicted octanol–water partition coefficient (Wildman–Crippen LogP) is 3.93. The first-order valence-corrected chi connectivity index (χ1v) is 13.3. The van der Waals surface area contributed by atoms with Crippen molar-refractivity contribution in [3.8, 4) is 0 Å². The summed E-state index contributed by atoms with van der Waals surface area (Å²) in [7, 11) is 0. The van der Waals surface area contributed by atoms with Gasteiger partial charge in [-0.2, -0.15) is 13.2 Å². The number of benzene rings is 2. The summed E-state index contributed by atoms with van der Waals surface area (Å²) >= 11 is 1.24. The van der Waals surface area contributed by atoms with Gasteiger partial charge < -0.3 is 26.8 Å². The lowest BCUT2D eigenvalue weighted by molar-refractivity contribution is -0.192. The standard InChI is InChI=1S/C16H16N2O3.C10H11NO3S.C2HF3O2/c17-10-12-5-4-6-13(9-12)16(21)18(11-15(19)20)14-7-2-1-3-8-14;11-9(12)8-7(10(13)14)5-3-1-2-4-6(5)15-8;3-2(4,5)1(6)7/h1-9H,10-11,17H2,(H,19,20);1-4H2,(H2,11,12)(H,13,14);(H,6,7). The lowest BCUT2D eigenvalue weighted by Crippen LogP contribution is -2.35. The summed E-state index contributed by atoms with van der Waals surface area (Å²) in [5.74, 6) is -5.86. The van der Waals surface area contributed by atoms with Crippen molar-refractivity contribution in [1.82, 2.24) is 0 Å². The van der Waals surface area contributed by atoms with E-state index in [2.05, 4.69) is 0 Å². The molecule has 3 aromatic rings. The van der Waals surface area contributed by atoms with E-state index in [-0.39, 0.29) is 16.3 Å². The fourth-order valence-electron chi connectivity index (χ4n) is 3.98. The summed E-state index contributed by atoms with van der Waals surface area (Å²) in [4.78, 5) is 57.1. The topological polar surface area (TPSA) is 201 Å². The van der Waals surface area contributed by atoms with Gasteiger partial charge in [0, 0.05) is 22.7 Å². The van der Waals surface area contributed by atoms with Crippen LogP contribution in [0.25, 0.3) is 0 Å². The fourth-order valence-corrected chi connectivity index (χ4v) is 5.21. The first-order valence-electron chi connectivity index (χ1n) is 12.5. The number of carbonyl (C=O) groups is 5. The number of amides is 2. The van der Waals surface area contributed by atoms with Crippen LogP contribution in [0.4, 0.5) is 18.9 Å². The van der Waals surface area contributed by atoms with Crippen molar-refractivity contribution in [2.75, 3.05) is 11.4 Å². The number of nitrogens with zero attached hydrogens (tertiary/aromatic N) is 1. The van der Waals surface area contributed by atoms with Gasteiger partial charge in [-0.05, 0) is 61.1 Å². The highest BCUT2D eigenvalue weighted by Crippen LogP contribution is 2.34. The number of halogens is 3. The van der Waals surface area contributed by atoms with Gasteiger partial charge in [-0.15, -0.1) is 11.3 Å². The number of carboxylic acid groups (broad SMARTS) is 3. The number of carboxylic acids is 3. The van der Waals surface area contributed by atoms with Crippen molar-refractivity contribution in [2.45, 2.75) is 38.4 Å². The Balaban J connectivity index is 0.000000255. The molecule has 0 saturated carbocycles. The Labute approximate surface area is 247 Å². The number of aliphatic carboxylic acids is 2. The summed E-state index contributed by atoms with van der Waals surface area (Å²) < 4.78 is 31.7. The monoisotopic (exact) mass is 623 g/mol. The van der Waals surface area contributed by atoms with Gasteiger partial charge in [-0.3, -0.25) is 19.3 Å². The van der Waals surface area contributed by atoms with Crippen molar-refractivity contribution in [2.24, 2.45) is 11.5 Å². The third kappa shape index (κ3) is 9.93. The number of primary amides is 1. The third-order valence-electron chi connectivity index (χ3n) is 5.87. The maximum absolute atomic E-state index is 12.6. The zero-order valence-electron chi connectivity index (χ0n) is 22.5. The minimum atomic E-state index is -5.08. The van der Waals surface area contributed by atoms with E-state index in [0.29, 0.717) is 17.8 Å². The number of carbonyl (C=O) groups excluding carboxylic acids is 2. The Kier molecular flexibility index (Phi) is 12.4. The second kappa shape index (κ2) is 15.5. The molecule has 230 valence electrons. The molecule has 0 aliphatic heterocycles. The van der Waals surface area contributed by atoms with Gasteiger partial charge in [0.25, 0.3) is 11.8 Å². The smallest absolute Gasteiger partial charge is 0.480 e. The first-order chi connectivity index (χ1) is 20.2. The van der Waals surface area contributed by atoms with E-state index in [9.17, 15) is 32.3 Å². The molecule has 2 amide bonds. The number of rotatable bonds is 7. The van der Waals surface area contributed by atoms with E-state index in [0.717, 1.165) is 41.7 Å². The average molecular weight is 624 g/mol. The molecule has 0 saturated heterocycles. The molecule has 7 N–H and O–H groups in total. The summed E-state index contributed by atoms with van der Waals surface area (Å²) in [6.45, 7) is -0.0684. The summed E-state index contributed by atoms with van der Waals surface area (Å²) in [6, 6.07) is 15.6. The number of aromatic carboxylic acids is 1. The third-order valence-corrected chi connectivity index (χ3v) is 7.17. The molecule has 1 heterocycles. The van der Waals surface area contributed by atoms with Crippen molar-refractivity contribution in [1.29, 1.82) is 0 Å². The number of hydrogen-bond donors (Lipinski definition) is 5. The Hall–Kier alpha value is -4.76. The van der Waals surface area contributed by atoms with Crippen molar-refractivity contribution >= 4 is 46.7 Å². The van der Waals surface area contributed by atoms with Gasteiger partial charge in [0.05, 0.1) is 5.56 Å². The molecule has 4 rings (SSSR count). The lowest BCUT2D eigenvalue weighted by Gasteiger charge is -2.21. The summed E-state index contributed by atoms with van der Waals surface area (Å²) in [5.41, 5.74) is 13.5. The van der Waals surface area contributed by atoms with Crippen LogP contribution in [0.3, 0.4) is 0 Å². The van der Waals surface area contributed by atoms with E-state index < -0.39 is 36.5 Å². The maximum atomic E-state index is 12.6. The van der Waals surface area contributed by atoms with Crippen molar-refractivity contribution < 1.29 is 52.5 Å². The van der Waals surface area contributed by atoms with Gasteiger partial charge in [0.15, 0.2) is 0 Å². The van der Waals surface area contributed by atoms with Crippen LogP contribution in [-0.2, 0) is 29.0 Å². The molecule has 0 bridgehead atoms. The van der Waals surface area contributed by atoms with Crippen LogP contribution in [0.2, 0.25) is 0 Å². The van der Waals surface area contributed by atoms with E-state index in [1.807, 2.05) is 12.1 Å². The largest absolute Gasteiger partial charge is 0.490 e. The number of thiophene rings is 1. The maximum Gasteiger partial charge on any atom is 0.490 e. The van der Waals surface area contributed by atoms with Crippen LogP contribution in [0.5, 0.6) is 0 Å². The molecule has 2 aromatic carbocycles. The molecule has 1 aliphatic rings. The molecular weight excluding hydrogens is 595 g/mol. The van der Waals surface area contributed by atoms with Gasteiger partial charge in [0.1, 0.15) is 11.4 Å². The minimum absolute atomic E-state index is 0.141. The number of hydrogen-bond acceptors (Lipinski definition) is 7. The van der Waals surface area contributed by atoms with E-state index >= 15 is 0 Å².